The first-order valence-electron chi connectivity index (χ1n) is 2.74. The minimum atomic E-state index is -0.243. The van der Waals surface area contributed by atoms with Crippen LogP contribution in [0.4, 0.5) is 0 Å². The van der Waals surface area contributed by atoms with E-state index in [1.165, 1.54) is 6.07 Å². The molecule has 0 amide bonds. The molecule has 1 heterocycles. The van der Waals surface area contributed by atoms with Crippen LogP contribution in [0.15, 0.2) is 23.0 Å². The summed E-state index contributed by atoms with van der Waals surface area (Å²) >= 11 is 0. The molecule has 0 saturated heterocycles. The molecule has 0 radical (unpaired) electrons. The van der Waals surface area contributed by atoms with Crippen LogP contribution in [0.1, 0.15) is 5.69 Å². The highest BCUT2D eigenvalue weighted by Gasteiger charge is 1.93. The zero-order valence-corrected chi connectivity index (χ0v) is 7.67. The van der Waals surface area contributed by atoms with Gasteiger partial charge in [-0.3, -0.25) is 10.2 Å². The number of amidine groups is 1. The van der Waals surface area contributed by atoms with Crippen LogP contribution in [0.25, 0.3) is 0 Å². The largest absolute Gasteiger partial charge is 0.382 e. The minimum absolute atomic E-state index is 0. The lowest BCUT2D eigenvalue weighted by Gasteiger charge is -1.93. The quantitative estimate of drug-likeness (QED) is 0.466. The van der Waals surface area contributed by atoms with E-state index in [9.17, 15) is 4.79 Å². The third kappa shape index (κ3) is 3.41. The lowest BCUT2D eigenvalue weighted by molar-refractivity contribution is 1.19. The molecule has 0 fully saturated rings. The summed E-state index contributed by atoms with van der Waals surface area (Å²) in [7, 11) is 0. The molecule has 1 rings (SSSR count). The number of nitrogen functional groups attached to an aromatic ring is 1. The van der Waals surface area contributed by atoms with E-state index in [0.29, 0.717) is 5.69 Å². The van der Waals surface area contributed by atoms with Crippen molar-refractivity contribution in [2.24, 2.45) is 5.73 Å². The van der Waals surface area contributed by atoms with Gasteiger partial charge in [0.25, 0.3) is 0 Å². The van der Waals surface area contributed by atoms with Gasteiger partial charge < -0.3 is 10.7 Å². The monoisotopic (exact) mass is 209 g/mol. The average Bonchev–Trinajstić information content (AvgIpc) is 1.88. The van der Waals surface area contributed by atoms with E-state index in [4.69, 9.17) is 11.1 Å². The highest BCUT2D eigenvalue weighted by Crippen LogP contribution is 1.85. The van der Waals surface area contributed by atoms with Gasteiger partial charge in [0.15, 0.2) is 0 Å². The van der Waals surface area contributed by atoms with Crippen LogP contribution in [0.3, 0.4) is 0 Å². The van der Waals surface area contributed by atoms with E-state index in [2.05, 4.69) is 4.98 Å². The molecule has 0 atom stereocenters. The van der Waals surface area contributed by atoms with Crippen molar-refractivity contribution in [1.82, 2.24) is 4.98 Å². The minimum Gasteiger partial charge on any atom is -0.382 e. The van der Waals surface area contributed by atoms with Crippen LogP contribution in [0.5, 0.6) is 0 Å². The molecule has 0 aliphatic heterocycles. The summed E-state index contributed by atoms with van der Waals surface area (Å²) in [4.78, 5) is 13.0. The van der Waals surface area contributed by atoms with Gasteiger partial charge in [-0.2, -0.15) is 0 Å². The first kappa shape index (κ1) is 13.6. The Bertz CT molecular complexity index is 310. The zero-order chi connectivity index (χ0) is 7.56. The fourth-order valence-electron chi connectivity index (χ4n) is 0.605. The van der Waals surface area contributed by atoms with Crippen LogP contribution >= 0.6 is 24.8 Å². The molecule has 12 heavy (non-hydrogen) atoms. The van der Waals surface area contributed by atoms with Crippen LogP contribution in [-0.4, -0.2) is 10.8 Å². The normalized spacial score (nSPS) is 7.67. The maximum absolute atomic E-state index is 10.6. The van der Waals surface area contributed by atoms with Crippen molar-refractivity contribution in [2.45, 2.75) is 0 Å². The fourth-order valence-corrected chi connectivity index (χ4v) is 0.605. The molecular weight excluding hydrogens is 201 g/mol. The first-order chi connectivity index (χ1) is 4.70. The van der Waals surface area contributed by atoms with Crippen molar-refractivity contribution in [1.29, 1.82) is 5.41 Å². The predicted molar refractivity (Wildman–Crippen MR) is 52.6 cm³/mol. The van der Waals surface area contributed by atoms with Gasteiger partial charge in [0.1, 0.15) is 5.84 Å². The molecule has 6 heteroatoms. The second kappa shape index (κ2) is 5.62. The SMILES string of the molecule is Cl.Cl.N=C(N)c1cccc(=O)[nH]1. The van der Waals surface area contributed by atoms with E-state index in [-0.39, 0.29) is 36.2 Å². The van der Waals surface area contributed by atoms with Gasteiger partial charge in [0.2, 0.25) is 5.56 Å². The van der Waals surface area contributed by atoms with E-state index in [1.807, 2.05) is 0 Å². The number of rotatable bonds is 1. The topological polar surface area (TPSA) is 82.7 Å². The summed E-state index contributed by atoms with van der Waals surface area (Å²) in [5.41, 5.74) is 5.21. The number of hydrogen-bond donors (Lipinski definition) is 3. The molecule has 4 nitrogen and oxygen atoms in total. The third-order valence-corrected chi connectivity index (χ3v) is 1.06. The summed E-state index contributed by atoms with van der Waals surface area (Å²) in [5, 5.41) is 6.94. The Hall–Kier alpha value is -1.00. The number of nitrogens with two attached hydrogens (primary N) is 1. The molecular formula is C6H9Cl2N3O. The number of nitrogens with one attached hydrogen (secondary N) is 2. The molecule has 4 N–H and O–H groups in total. The van der Waals surface area contributed by atoms with Gasteiger partial charge in [-0.1, -0.05) is 6.07 Å². The Balaban J connectivity index is 0. The van der Waals surface area contributed by atoms with Crippen LogP contribution in [0, 0.1) is 5.41 Å². The lowest BCUT2D eigenvalue weighted by atomic mass is 10.3. The second-order valence-corrected chi connectivity index (χ2v) is 1.84. The van der Waals surface area contributed by atoms with Crippen molar-refractivity contribution in [2.75, 3.05) is 0 Å². The molecule has 1 aromatic heterocycles. The number of aromatic amines is 1. The predicted octanol–water partition coefficient (Wildman–Crippen LogP) is 0.503. The summed E-state index contributed by atoms with van der Waals surface area (Å²) in [5.74, 6) is -0.127. The molecule has 0 unspecified atom stereocenters. The molecule has 68 valence electrons. The maximum atomic E-state index is 10.6. The van der Waals surface area contributed by atoms with Gasteiger partial charge in [0.05, 0.1) is 5.69 Å². The highest BCUT2D eigenvalue weighted by molar-refractivity contribution is 5.92. The van der Waals surface area contributed by atoms with E-state index in [0.717, 1.165) is 0 Å². The number of halogens is 2. The number of hydrogen-bond acceptors (Lipinski definition) is 2. The Morgan fingerprint density at radius 2 is 2.00 bits per heavy atom. The van der Waals surface area contributed by atoms with Crippen molar-refractivity contribution < 1.29 is 0 Å². The van der Waals surface area contributed by atoms with Crippen molar-refractivity contribution in [3.05, 3.63) is 34.2 Å². The molecule has 0 aliphatic rings. The number of pyridine rings is 1. The van der Waals surface area contributed by atoms with Crippen LogP contribution < -0.4 is 11.3 Å². The number of aromatic nitrogens is 1. The third-order valence-electron chi connectivity index (χ3n) is 1.06. The summed E-state index contributed by atoms with van der Waals surface area (Å²) in [6.07, 6.45) is 0. The summed E-state index contributed by atoms with van der Waals surface area (Å²) in [6, 6.07) is 4.49. The first-order valence-corrected chi connectivity index (χ1v) is 2.74. The smallest absolute Gasteiger partial charge is 0.248 e. The summed E-state index contributed by atoms with van der Waals surface area (Å²) < 4.78 is 0. The Kier molecular flexibility index (Phi) is 6.37. The van der Waals surface area contributed by atoms with Gasteiger partial charge in [-0.25, -0.2) is 0 Å². The van der Waals surface area contributed by atoms with Gasteiger partial charge in [0, 0.05) is 6.07 Å². The van der Waals surface area contributed by atoms with Crippen LogP contribution in [-0.2, 0) is 0 Å². The Morgan fingerprint density at radius 1 is 1.42 bits per heavy atom. The molecule has 1 aromatic rings. The molecule has 0 aromatic carbocycles. The lowest BCUT2D eigenvalue weighted by Crippen LogP contribution is -2.17. The zero-order valence-electron chi connectivity index (χ0n) is 6.03. The number of H-pyrrole nitrogens is 1. The van der Waals surface area contributed by atoms with Crippen LogP contribution in [0.2, 0.25) is 0 Å². The second-order valence-electron chi connectivity index (χ2n) is 1.84. The highest BCUT2D eigenvalue weighted by atomic mass is 35.5. The van der Waals surface area contributed by atoms with Gasteiger partial charge in [-0.05, 0) is 6.07 Å². The van der Waals surface area contributed by atoms with Gasteiger partial charge >= 0.3 is 0 Å². The molecule has 0 aliphatic carbocycles. The van der Waals surface area contributed by atoms with E-state index >= 15 is 0 Å². The maximum Gasteiger partial charge on any atom is 0.248 e. The van der Waals surface area contributed by atoms with Crippen molar-refractivity contribution in [3.8, 4) is 0 Å². The Morgan fingerprint density at radius 3 is 2.33 bits per heavy atom. The summed E-state index contributed by atoms with van der Waals surface area (Å²) in [6.45, 7) is 0. The van der Waals surface area contributed by atoms with E-state index < -0.39 is 0 Å². The van der Waals surface area contributed by atoms with Crippen molar-refractivity contribution in [3.63, 3.8) is 0 Å². The van der Waals surface area contributed by atoms with Gasteiger partial charge in [-0.15, -0.1) is 24.8 Å². The molecule has 0 bridgehead atoms. The molecule has 0 saturated carbocycles. The molecule has 0 spiro atoms. The Labute approximate surface area is 81.5 Å². The van der Waals surface area contributed by atoms with Crippen molar-refractivity contribution >= 4 is 30.6 Å². The standard InChI is InChI=1S/C6H7N3O.2ClH/c7-6(8)4-2-1-3-5(10)9-4;;/h1-3H,(H3,7,8)(H,9,10);2*1H. The average molecular weight is 210 g/mol. The fraction of sp³-hybridized carbons (Fsp3) is 0. The van der Waals surface area contributed by atoms with E-state index in [1.54, 1.807) is 12.1 Å².